The molecule has 3 aliphatic rings. The molecule has 0 aromatic carbocycles. The van der Waals surface area contributed by atoms with Gasteiger partial charge in [0.2, 0.25) is 0 Å². The second-order valence-corrected chi connectivity index (χ2v) is 7.90. The lowest BCUT2D eigenvalue weighted by Crippen LogP contribution is -2.49. The van der Waals surface area contributed by atoms with Crippen molar-refractivity contribution in [2.24, 2.45) is 0 Å². The van der Waals surface area contributed by atoms with Gasteiger partial charge in [0.05, 0.1) is 0 Å². The summed E-state index contributed by atoms with van der Waals surface area (Å²) < 4.78 is 0. The van der Waals surface area contributed by atoms with Crippen LogP contribution in [0.25, 0.3) is 0 Å². The number of piperidine rings is 1. The molecule has 2 nitrogen and oxygen atoms in total. The number of likely N-dealkylation sites (tertiary alicyclic amines) is 1. The summed E-state index contributed by atoms with van der Waals surface area (Å²) in [6, 6.07) is 2.57. The summed E-state index contributed by atoms with van der Waals surface area (Å²) in [5.41, 5.74) is 0. The largest absolute Gasteiger partial charge is 0.310 e. The number of hydrogen-bond donors (Lipinski definition) is 1. The lowest BCUT2D eigenvalue weighted by atomic mass is 10.0. The van der Waals surface area contributed by atoms with Crippen LogP contribution in [-0.2, 0) is 0 Å². The van der Waals surface area contributed by atoms with Gasteiger partial charge in [-0.1, -0.05) is 6.92 Å². The van der Waals surface area contributed by atoms with Crippen LogP contribution in [0.3, 0.4) is 0 Å². The molecule has 0 aromatic rings. The molecule has 3 fully saturated rings. The van der Waals surface area contributed by atoms with Crippen LogP contribution in [0.2, 0.25) is 0 Å². The number of thioether (sulfide) groups is 1. The van der Waals surface area contributed by atoms with E-state index >= 15 is 0 Å². The van der Waals surface area contributed by atoms with Crippen LogP contribution in [0.1, 0.15) is 51.9 Å². The summed E-state index contributed by atoms with van der Waals surface area (Å²) in [7, 11) is 0. The molecule has 3 heteroatoms. The van der Waals surface area contributed by atoms with Crippen LogP contribution in [0.15, 0.2) is 0 Å². The summed E-state index contributed by atoms with van der Waals surface area (Å²) in [4.78, 5) is 2.81. The van der Waals surface area contributed by atoms with E-state index < -0.39 is 0 Å². The van der Waals surface area contributed by atoms with Crippen LogP contribution in [0, 0.1) is 0 Å². The predicted octanol–water partition coefficient (Wildman–Crippen LogP) is 2.88. The third-order valence-corrected chi connectivity index (χ3v) is 6.01. The van der Waals surface area contributed by atoms with Crippen LogP contribution >= 0.6 is 11.8 Å². The zero-order valence-electron chi connectivity index (χ0n) is 11.7. The highest BCUT2D eigenvalue weighted by atomic mass is 32.2. The Balaban J connectivity index is 1.46. The van der Waals surface area contributed by atoms with Crippen LogP contribution in [0.5, 0.6) is 0 Å². The smallest absolute Gasteiger partial charge is 0.0198 e. The average molecular weight is 268 g/mol. The molecular formula is C15H28N2S. The van der Waals surface area contributed by atoms with Crippen molar-refractivity contribution in [2.45, 2.75) is 75.2 Å². The molecule has 3 atom stereocenters. The lowest BCUT2D eigenvalue weighted by Gasteiger charge is -2.37. The SMILES string of the molecule is CCSC1CCC(N2CCCC(NC3CC3)C2)C1. The minimum absolute atomic E-state index is 0.795. The first-order valence-corrected chi connectivity index (χ1v) is 9.01. The zero-order chi connectivity index (χ0) is 12.4. The van der Waals surface area contributed by atoms with E-state index in [4.69, 9.17) is 0 Å². The number of rotatable bonds is 5. The molecule has 0 amide bonds. The highest BCUT2D eigenvalue weighted by molar-refractivity contribution is 7.99. The van der Waals surface area contributed by atoms with Gasteiger partial charge in [-0.15, -0.1) is 0 Å². The van der Waals surface area contributed by atoms with Crippen LogP contribution in [-0.4, -0.2) is 47.1 Å². The Morgan fingerprint density at radius 1 is 1.11 bits per heavy atom. The maximum atomic E-state index is 3.84. The molecule has 0 aromatic heterocycles. The van der Waals surface area contributed by atoms with Gasteiger partial charge in [-0.25, -0.2) is 0 Å². The fourth-order valence-electron chi connectivity index (χ4n) is 3.69. The molecule has 2 saturated carbocycles. The van der Waals surface area contributed by atoms with Crippen molar-refractivity contribution in [3.63, 3.8) is 0 Å². The van der Waals surface area contributed by atoms with Crippen molar-refractivity contribution >= 4 is 11.8 Å². The minimum atomic E-state index is 0.795. The Bertz CT molecular complexity index is 267. The van der Waals surface area contributed by atoms with Gasteiger partial charge < -0.3 is 5.32 Å². The van der Waals surface area contributed by atoms with Gasteiger partial charge in [-0.3, -0.25) is 4.90 Å². The maximum absolute atomic E-state index is 3.84. The minimum Gasteiger partial charge on any atom is -0.310 e. The molecule has 3 rings (SSSR count). The summed E-state index contributed by atoms with van der Waals surface area (Å²) >= 11 is 2.19. The molecule has 0 bridgehead atoms. The van der Waals surface area contributed by atoms with Crippen molar-refractivity contribution in [3.8, 4) is 0 Å². The van der Waals surface area contributed by atoms with Crippen molar-refractivity contribution in [3.05, 3.63) is 0 Å². The first-order valence-electron chi connectivity index (χ1n) is 7.97. The topological polar surface area (TPSA) is 15.3 Å². The fraction of sp³-hybridized carbons (Fsp3) is 1.00. The molecule has 2 aliphatic carbocycles. The quantitative estimate of drug-likeness (QED) is 0.825. The number of nitrogens with one attached hydrogen (secondary N) is 1. The molecule has 104 valence electrons. The Hall–Kier alpha value is 0.270. The van der Waals surface area contributed by atoms with Gasteiger partial charge in [0, 0.05) is 29.9 Å². The third kappa shape index (κ3) is 3.43. The molecule has 1 aliphatic heterocycles. The second kappa shape index (κ2) is 6.15. The first-order chi connectivity index (χ1) is 8.85. The Kier molecular flexibility index (Phi) is 4.53. The molecule has 1 saturated heterocycles. The van der Waals surface area contributed by atoms with Crippen LogP contribution < -0.4 is 5.32 Å². The second-order valence-electron chi connectivity index (χ2n) is 6.32. The van der Waals surface area contributed by atoms with E-state index in [1.807, 2.05) is 0 Å². The molecule has 18 heavy (non-hydrogen) atoms. The fourth-order valence-corrected chi connectivity index (χ4v) is 4.83. The van der Waals surface area contributed by atoms with E-state index in [1.165, 1.54) is 63.8 Å². The Morgan fingerprint density at radius 2 is 2.00 bits per heavy atom. The maximum Gasteiger partial charge on any atom is 0.0198 e. The number of nitrogens with zero attached hydrogens (tertiary/aromatic N) is 1. The van der Waals surface area contributed by atoms with Crippen molar-refractivity contribution < 1.29 is 0 Å². The van der Waals surface area contributed by atoms with Gasteiger partial charge >= 0.3 is 0 Å². The monoisotopic (exact) mass is 268 g/mol. The van der Waals surface area contributed by atoms with Crippen molar-refractivity contribution in [2.75, 3.05) is 18.8 Å². The molecule has 0 spiro atoms. The summed E-state index contributed by atoms with van der Waals surface area (Å²) in [5.74, 6) is 1.29. The predicted molar refractivity (Wildman–Crippen MR) is 80.3 cm³/mol. The van der Waals surface area contributed by atoms with E-state index in [2.05, 4.69) is 28.9 Å². The van der Waals surface area contributed by atoms with E-state index in [-0.39, 0.29) is 0 Å². The molecular weight excluding hydrogens is 240 g/mol. The summed E-state index contributed by atoms with van der Waals surface area (Å²) in [6.07, 6.45) is 10.0. The highest BCUT2D eigenvalue weighted by Gasteiger charge is 2.33. The van der Waals surface area contributed by atoms with E-state index in [9.17, 15) is 0 Å². The van der Waals surface area contributed by atoms with E-state index in [1.54, 1.807) is 0 Å². The Labute approximate surface area is 116 Å². The first kappa shape index (κ1) is 13.3. The van der Waals surface area contributed by atoms with Gasteiger partial charge in [0.15, 0.2) is 0 Å². The average Bonchev–Trinajstić information content (AvgIpc) is 3.06. The zero-order valence-corrected chi connectivity index (χ0v) is 12.6. The lowest BCUT2D eigenvalue weighted by molar-refractivity contribution is 0.138. The molecule has 1 N–H and O–H groups in total. The normalized spacial score (nSPS) is 38.2. The van der Waals surface area contributed by atoms with Gasteiger partial charge in [0.25, 0.3) is 0 Å². The molecule has 1 heterocycles. The van der Waals surface area contributed by atoms with E-state index in [0.29, 0.717) is 0 Å². The van der Waals surface area contributed by atoms with Crippen LogP contribution in [0.4, 0.5) is 0 Å². The van der Waals surface area contributed by atoms with Gasteiger partial charge in [-0.2, -0.15) is 11.8 Å². The standard InChI is InChI=1S/C15H28N2S/c1-2-18-15-8-7-14(10-15)17-9-3-4-13(11-17)16-12-5-6-12/h12-16H,2-11H2,1H3. The van der Waals surface area contributed by atoms with Crippen molar-refractivity contribution in [1.82, 2.24) is 10.2 Å². The summed E-state index contributed by atoms with van der Waals surface area (Å²) in [5, 5.41) is 4.79. The molecule has 3 unspecified atom stereocenters. The van der Waals surface area contributed by atoms with Gasteiger partial charge in [0.1, 0.15) is 0 Å². The molecule has 0 radical (unpaired) electrons. The Morgan fingerprint density at radius 3 is 2.78 bits per heavy atom. The third-order valence-electron chi connectivity index (χ3n) is 4.78. The van der Waals surface area contributed by atoms with E-state index in [0.717, 1.165) is 23.4 Å². The highest BCUT2D eigenvalue weighted by Crippen LogP contribution is 2.34. The summed E-state index contributed by atoms with van der Waals surface area (Å²) in [6.45, 7) is 4.98. The number of hydrogen-bond acceptors (Lipinski definition) is 3. The van der Waals surface area contributed by atoms with Crippen molar-refractivity contribution in [1.29, 1.82) is 0 Å². The van der Waals surface area contributed by atoms with Gasteiger partial charge in [-0.05, 0) is 57.2 Å².